The first kappa shape index (κ1) is 16.7. The molecule has 0 atom stereocenters. The molecule has 0 saturated carbocycles. The van der Waals surface area contributed by atoms with Crippen LogP contribution in [0, 0.1) is 0 Å². The number of hydrogen-bond donors (Lipinski definition) is 0. The molecule has 0 bridgehead atoms. The minimum absolute atomic E-state index is 1.33. The van der Waals surface area contributed by atoms with E-state index >= 15 is 0 Å². The Morgan fingerprint density at radius 3 is 1.50 bits per heavy atom. The number of hydrogen-bond acceptors (Lipinski definition) is 1. The molecule has 0 heterocycles. The lowest BCUT2D eigenvalue weighted by atomic mass is 10.4. The van der Waals surface area contributed by atoms with Crippen molar-refractivity contribution in [1.29, 1.82) is 0 Å². The highest BCUT2D eigenvalue weighted by Crippen LogP contribution is 1.96. The summed E-state index contributed by atoms with van der Waals surface area (Å²) < 4.78 is 0. The fourth-order valence-electron chi connectivity index (χ4n) is 0.289. The molecule has 0 aromatic rings. The Bertz CT molecular complexity index is 16.7. The van der Waals surface area contributed by atoms with Gasteiger partial charge < -0.3 is 0 Å². The fraction of sp³-hybridized carbons (Fsp3) is 1.00. The predicted molar refractivity (Wildman–Crippen MR) is 56.0 cm³/mol. The Kier molecular flexibility index (Phi) is 57.7. The van der Waals surface area contributed by atoms with Gasteiger partial charge in [0, 0.05) is 0 Å². The summed E-state index contributed by atoms with van der Waals surface area (Å²) in [7, 11) is 0. The molecule has 0 saturated heterocycles. The molecule has 0 aromatic heterocycles. The molecule has 0 aromatic carbocycles. The quantitative estimate of drug-likeness (QED) is 0.563. The van der Waals surface area contributed by atoms with Gasteiger partial charge in [-0.2, -0.15) is 11.8 Å². The maximum absolute atomic E-state index is 2.22. The van der Waals surface area contributed by atoms with E-state index in [0.29, 0.717) is 0 Å². The monoisotopic (exact) mass is 164 g/mol. The summed E-state index contributed by atoms with van der Waals surface area (Å²) in [6, 6.07) is 0. The molecule has 66 valence electrons. The maximum atomic E-state index is 2.22. The predicted octanol–water partition coefficient (Wildman–Crippen LogP) is 4.20. The normalized spacial score (nSPS) is 6.60. The van der Waals surface area contributed by atoms with E-state index in [1.807, 2.05) is 39.5 Å². The summed E-state index contributed by atoms with van der Waals surface area (Å²) in [5, 5.41) is 0. The highest BCUT2D eigenvalue weighted by Gasteiger charge is 1.75. The van der Waals surface area contributed by atoms with Crippen LogP contribution < -0.4 is 0 Å². The smallest absolute Gasteiger partial charge is 0.00704 e. The topological polar surface area (TPSA) is 0 Å². The molecule has 1 heteroatoms. The van der Waals surface area contributed by atoms with Crippen LogP contribution in [0.2, 0.25) is 0 Å². The van der Waals surface area contributed by atoms with Gasteiger partial charge in [-0.15, -0.1) is 0 Å². The lowest BCUT2D eigenvalue weighted by molar-refractivity contribution is 0.897. The average Bonchev–Trinajstić information content (AvgIpc) is 2.08. The van der Waals surface area contributed by atoms with Gasteiger partial charge in [-0.1, -0.05) is 41.0 Å². The van der Waals surface area contributed by atoms with Crippen LogP contribution >= 0.6 is 11.8 Å². The van der Waals surface area contributed by atoms with Gasteiger partial charge in [0.25, 0.3) is 0 Å². The van der Waals surface area contributed by atoms with E-state index in [0.717, 1.165) is 0 Å². The number of thioether (sulfide) groups is 1. The average molecular weight is 164 g/mol. The van der Waals surface area contributed by atoms with Gasteiger partial charge in [0.2, 0.25) is 0 Å². The first-order valence-corrected chi connectivity index (χ1v) is 5.80. The molecule has 0 fully saturated rings. The standard InChI is InChI=1S/C5H12S.2C2H6/c1-3-4-5-6-2;2*1-2/h3-5H2,1-2H3;2*1-2H3. The molecule has 0 aliphatic carbocycles. The van der Waals surface area contributed by atoms with Crippen molar-refractivity contribution >= 4 is 11.8 Å². The minimum atomic E-state index is 1.33. The SMILES string of the molecule is CC.CC.CCCCSC. The van der Waals surface area contributed by atoms with Gasteiger partial charge in [0.1, 0.15) is 0 Å². The highest BCUT2D eigenvalue weighted by atomic mass is 32.2. The second kappa shape index (κ2) is 34.5. The van der Waals surface area contributed by atoms with Crippen molar-refractivity contribution in [2.75, 3.05) is 12.0 Å². The summed E-state index contributed by atoms with van der Waals surface area (Å²) in [6.07, 6.45) is 4.86. The molecule has 0 nitrogen and oxygen atoms in total. The van der Waals surface area contributed by atoms with E-state index in [4.69, 9.17) is 0 Å². The maximum Gasteiger partial charge on any atom is -0.00704 e. The Balaban J connectivity index is -0.000000105. The summed E-state index contributed by atoms with van der Waals surface area (Å²) in [6.45, 7) is 10.2. The van der Waals surface area contributed by atoms with Crippen molar-refractivity contribution in [3.63, 3.8) is 0 Å². The molecule has 0 amide bonds. The van der Waals surface area contributed by atoms with Gasteiger partial charge in [-0.05, 0) is 18.4 Å². The zero-order valence-electron chi connectivity index (χ0n) is 8.53. The van der Waals surface area contributed by atoms with E-state index in [1.165, 1.54) is 18.6 Å². The Labute approximate surface area is 71.8 Å². The summed E-state index contributed by atoms with van der Waals surface area (Å²) in [4.78, 5) is 0. The molecule has 0 aliphatic heterocycles. The zero-order chi connectivity index (χ0) is 8.83. The fourth-order valence-corrected chi connectivity index (χ4v) is 0.866. The molecule has 0 N–H and O–H groups in total. The largest absolute Gasteiger partial charge is 0.165 e. The molecular formula is C9H24S. The van der Waals surface area contributed by atoms with Gasteiger partial charge in [-0.25, -0.2) is 0 Å². The van der Waals surface area contributed by atoms with E-state index < -0.39 is 0 Å². The number of unbranched alkanes of at least 4 members (excludes halogenated alkanes) is 1. The van der Waals surface area contributed by atoms with Crippen LogP contribution in [0.25, 0.3) is 0 Å². The van der Waals surface area contributed by atoms with Crippen LogP contribution in [0.3, 0.4) is 0 Å². The van der Waals surface area contributed by atoms with E-state index in [9.17, 15) is 0 Å². The van der Waals surface area contributed by atoms with Gasteiger partial charge in [-0.3, -0.25) is 0 Å². The summed E-state index contributed by atoms with van der Waals surface area (Å²) >= 11 is 1.93. The van der Waals surface area contributed by atoms with E-state index in [-0.39, 0.29) is 0 Å². The van der Waals surface area contributed by atoms with Crippen molar-refractivity contribution in [2.45, 2.75) is 47.5 Å². The lowest BCUT2D eigenvalue weighted by Gasteiger charge is -1.86. The molecular weight excluding hydrogens is 140 g/mol. The van der Waals surface area contributed by atoms with Crippen molar-refractivity contribution in [3.05, 3.63) is 0 Å². The van der Waals surface area contributed by atoms with Crippen molar-refractivity contribution < 1.29 is 0 Å². The third-order valence-corrected chi connectivity index (χ3v) is 1.40. The van der Waals surface area contributed by atoms with E-state index in [2.05, 4.69) is 13.2 Å². The third-order valence-electron chi connectivity index (χ3n) is 0.702. The summed E-state index contributed by atoms with van der Waals surface area (Å²) in [5.41, 5.74) is 0. The van der Waals surface area contributed by atoms with Crippen molar-refractivity contribution in [1.82, 2.24) is 0 Å². The Morgan fingerprint density at radius 1 is 1.00 bits per heavy atom. The Morgan fingerprint density at radius 2 is 1.40 bits per heavy atom. The van der Waals surface area contributed by atoms with Crippen molar-refractivity contribution in [2.24, 2.45) is 0 Å². The van der Waals surface area contributed by atoms with Crippen LogP contribution in [-0.2, 0) is 0 Å². The number of rotatable bonds is 3. The van der Waals surface area contributed by atoms with Gasteiger partial charge in [0.15, 0.2) is 0 Å². The molecule has 0 radical (unpaired) electrons. The minimum Gasteiger partial charge on any atom is -0.165 e. The second-order valence-electron chi connectivity index (χ2n) is 1.35. The Hall–Kier alpha value is 0.350. The zero-order valence-corrected chi connectivity index (χ0v) is 9.35. The molecule has 0 unspecified atom stereocenters. The lowest BCUT2D eigenvalue weighted by Crippen LogP contribution is -1.71. The van der Waals surface area contributed by atoms with Crippen LogP contribution in [0.4, 0.5) is 0 Å². The van der Waals surface area contributed by atoms with Crippen LogP contribution in [0.1, 0.15) is 47.5 Å². The van der Waals surface area contributed by atoms with Crippen molar-refractivity contribution in [3.8, 4) is 0 Å². The first-order valence-electron chi connectivity index (χ1n) is 4.40. The van der Waals surface area contributed by atoms with Gasteiger partial charge in [0.05, 0.1) is 0 Å². The second-order valence-corrected chi connectivity index (χ2v) is 2.33. The highest BCUT2D eigenvalue weighted by molar-refractivity contribution is 7.98. The van der Waals surface area contributed by atoms with Crippen LogP contribution in [0.15, 0.2) is 0 Å². The molecule has 0 spiro atoms. The van der Waals surface area contributed by atoms with Crippen LogP contribution in [0.5, 0.6) is 0 Å². The van der Waals surface area contributed by atoms with E-state index in [1.54, 1.807) is 0 Å². The summed E-state index contributed by atoms with van der Waals surface area (Å²) in [5.74, 6) is 1.33. The molecule has 10 heavy (non-hydrogen) atoms. The molecule has 0 aliphatic rings. The molecule has 0 rings (SSSR count). The van der Waals surface area contributed by atoms with Gasteiger partial charge >= 0.3 is 0 Å². The third kappa shape index (κ3) is 40.2. The first-order chi connectivity index (χ1) is 4.91. The van der Waals surface area contributed by atoms with Crippen LogP contribution in [-0.4, -0.2) is 12.0 Å².